The van der Waals surface area contributed by atoms with Crippen LogP contribution in [0, 0.1) is 18.6 Å². The standard InChI is InChI=1S/C15H11ClF2N2/c1-9-6-11(18)14(7-10(9)17)20-13-5-3-2-4-12(13)19-15(20)8-16/h2-7H,8H2,1H3. The van der Waals surface area contributed by atoms with Crippen molar-refractivity contribution in [2.24, 2.45) is 0 Å². The summed E-state index contributed by atoms with van der Waals surface area (Å²) in [5.41, 5.74) is 1.79. The molecule has 0 bridgehead atoms. The van der Waals surface area contributed by atoms with Gasteiger partial charge in [-0.2, -0.15) is 0 Å². The number of halogens is 3. The lowest BCUT2D eigenvalue weighted by Crippen LogP contribution is -2.03. The summed E-state index contributed by atoms with van der Waals surface area (Å²) in [4.78, 5) is 4.34. The van der Waals surface area contributed by atoms with Crippen molar-refractivity contribution in [1.82, 2.24) is 9.55 Å². The molecule has 1 heterocycles. The van der Waals surface area contributed by atoms with Crippen LogP contribution in [0.1, 0.15) is 11.4 Å². The van der Waals surface area contributed by atoms with E-state index >= 15 is 0 Å². The quantitative estimate of drug-likeness (QED) is 0.642. The number of alkyl halides is 1. The first kappa shape index (κ1) is 13.1. The Morgan fingerprint density at radius 3 is 2.65 bits per heavy atom. The Hall–Kier alpha value is -1.94. The molecular formula is C15H11ClF2N2. The van der Waals surface area contributed by atoms with Crippen LogP contribution >= 0.6 is 11.6 Å². The summed E-state index contributed by atoms with van der Waals surface area (Å²) in [7, 11) is 0. The van der Waals surface area contributed by atoms with E-state index < -0.39 is 11.6 Å². The summed E-state index contributed by atoms with van der Waals surface area (Å²) < 4.78 is 29.5. The zero-order valence-corrected chi connectivity index (χ0v) is 11.5. The van der Waals surface area contributed by atoms with Crippen molar-refractivity contribution in [1.29, 1.82) is 0 Å². The van der Waals surface area contributed by atoms with Crippen molar-refractivity contribution in [3.63, 3.8) is 0 Å². The topological polar surface area (TPSA) is 17.8 Å². The maximum atomic E-state index is 14.2. The van der Waals surface area contributed by atoms with Crippen molar-refractivity contribution in [3.05, 3.63) is 59.4 Å². The highest BCUT2D eigenvalue weighted by molar-refractivity contribution is 6.17. The number of benzene rings is 2. The van der Waals surface area contributed by atoms with E-state index in [2.05, 4.69) is 4.98 Å². The van der Waals surface area contributed by atoms with E-state index in [-0.39, 0.29) is 17.1 Å². The van der Waals surface area contributed by atoms with Gasteiger partial charge in [0.05, 0.1) is 22.6 Å². The molecule has 102 valence electrons. The first-order valence-corrected chi connectivity index (χ1v) is 6.63. The lowest BCUT2D eigenvalue weighted by atomic mass is 10.2. The fourth-order valence-electron chi connectivity index (χ4n) is 2.24. The molecule has 0 unspecified atom stereocenters. The minimum absolute atomic E-state index is 0.115. The van der Waals surface area contributed by atoms with Crippen LogP contribution in [-0.4, -0.2) is 9.55 Å². The highest BCUT2D eigenvalue weighted by Gasteiger charge is 2.16. The summed E-state index contributed by atoms with van der Waals surface area (Å²) >= 11 is 5.88. The SMILES string of the molecule is Cc1cc(F)c(-n2c(CCl)nc3ccccc32)cc1F. The Kier molecular flexibility index (Phi) is 3.18. The van der Waals surface area contributed by atoms with E-state index in [1.165, 1.54) is 19.1 Å². The highest BCUT2D eigenvalue weighted by Crippen LogP contribution is 2.26. The third-order valence-corrected chi connectivity index (χ3v) is 3.46. The van der Waals surface area contributed by atoms with Gasteiger partial charge in [0, 0.05) is 6.07 Å². The van der Waals surface area contributed by atoms with E-state index in [0.717, 1.165) is 0 Å². The highest BCUT2D eigenvalue weighted by atomic mass is 35.5. The Labute approximate surface area is 119 Å². The number of hydrogen-bond donors (Lipinski definition) is 0. The molecule has 2 nitrogen and oxygen atoms in total. The predicted octanol–water partition coefficient (Wildman–Crippen LogP) is 4.35. The third kappa shape index (κ3) is 1.96. The molecule has 1 aromatic heterocycles. The molecule has 3 aromatic rings. The van der Waals surface area contributed by atoms with Gasteiger partial charge in [0.2, 0.25) is 0 Å². The number of aryl methyl sites for hydroxylation is 1. The largest absolute Gasteiger partial charge is 0.292 e. The molecule has 0 atom stereocenters. The third-order valence-electron chi connectivity index (χ3n) is 3.22. The van der Waals surface area contributed by atoms with Gasteiger partial charge in [-0.15, -0.1) is 11.6 Å². The number of aromatic nitrogens is 2. The van der Waals surface area contributed by atoms with Gasteiger partial charge in [-0.25, -0.2) is 13.8 Å². The lowest BCUT2D eigenvalue weighted by Gasteiger charge is -2.10. The molecule has 3 rings (SSSR count). The second kappa shape index (κ2) is 4.87. The number of nitrogens with zero attached hydrogens (tertiary/aromatic N) is 2. The van der Waals surface area contributed by atoms with Gasteiger partial charge < -0.3 is 0 Å². The van der Waals surface area contributed by atoms with Gasteiger partial charge in [-0.1, -0.05) is 12.1 Å². The minimum atomic E-state index is -0.501. The van der Waals surface area contributed by atoms with Crippen LogP contribution in [-0.2, 0) is 5.88 Å². The van der Waals surface area contributed by atoms with Crippen LogP contribution in [0.4, 0.5) is 8.78 Å². The van der Waals surface area contributed by atoms with E-state index in [4.69, 9.17) is 11.6 Å². The minimum Gasteiger partial charge on any atom is -0.292 e. The average Bonchev–Trinajstić information content (AvgIpc) is 2.81. The number of imidazole rings is 1. The summed E-state index contributed by atoms with van der Waals surface area (Å²) in [6, 6.07) is 9.62. The van der Waals surface area contributed by atoms with Gasteiger partial charge in [0.15, 0.2) is 0 Å². The monoisotopic (exact) mass is 292 g/mol. The molecule has 0 radical (unpaired) electrons. The maximum absolute atomic E-state index is 14.2. The molecule has 0 aliphatic rings. The van der Waals surface area contributed by atoms with Gasteiger partial charge in [-0.05, 0) is 30.7 Å². The first-order valence-electron chi connectivity index (χ1n) is 6.10. The molecule has 0 spiro atoms. The smallest absolute Gasteiger partial charge is 0.147 e. The fourth-order valence-corrected chi connectivity index (χ4v) is 2.42. The zero-order valence-electron chi connectivity index (χ0n) is 10.7. The lowest BCUT2D eigenvalue weighted by molar-refractivity contribution is 0.585. The molecule has 20 heavy (non-hydrogen) atoms. The second-order valence-electron chi connectivity index (χ2n) is 4.54. The fraction of sp³-hybridized carbons (Fsp3) is 0.133. The summed E-state index contributed by atoms with van der Waals surface area (Å²) in [6.45, 7) is 1.52. The van der Waals surface area contributed by atoms with Crippen LogP contribution in [0.5, 0.6) is 0 Å². The van der Waals surface area contributed by atoms with Gasteiger partial charge in [0.1, 0.15) is 17.5 Å². The molecule has 2 aromatic carbocycles. The normalized spacial score (nSPS) is 11.2. The number of rotatable bonds is 2. The first-order chi connectivity index (χ1) is 9.61. The Morgan fingerprint density at radius 1 is 1.15 bits per heavy atom. The van der Waals surface area contributed by atoms with Crippen molar-refractivity contribution < 1.29 is 8.78 Å². The van der Waals surface area contributed by atoms with Crippen LogP contribution in [0.15, 0.2) is 36.4 Å². The number of para-hydroxylation sites is 2. The second-order valence-corrected chi connectivity index (χ2v) is 4.81. The molecule has 0 amide bonds. The molecule has 0 N–H and O–H groups in total. The molecule has 0 aliphatic carbocycles. The summed E-state index contributed by atoms with van der Waals surface area (Å²) in [5.74, 6) is -0.364. The molecule has 0 fully saturated rings. The zero-order chi connectivity index (χ0) is 14.3. The molecule has 0 saturated carbocycles. The Bertz CT molecular complexity index is 796. The molecule has 0 aliphatic heterocycles. The van der Waals surface area contributed by atoms with E-state index in [0.29, 0.717) is 16.9 Å². The van der Waals surface area contributed by atoms with Crippen molar-refractivity contribution in [2.75, 3.05) is 0 Å². The predicted molar refractivity (Wildman–Crippen MR) is 75.3 cm³/mol. The van der Waals surface area contributed by atoms with E-state index in [1.807, 2.05) is 18.2 Å². The Balaban J connectivity index is 2.36. The van der Waals surface area contributed by atoms with Crippen LogP contribution in [0.2, 0.25) is 0 Å². The average molecular weight is 293 g/mol. The Morgan fingerprint density at radius 2 is 1.90 bits per heavy atom. The van der Waals surface area contributed by atoms with Gasteiger partial charge >= 0.3 is 0 Å². The summed E-state index contributed by atoms with van der Waals surface area (Å²) in [5, 5.41) is 0. The summed E-state index contributed by atoms with van der Waals surface area (Å²) in [6.07, 6.45) is 0. The van der Waals surface area contributed by atoms with Crippen molar-refractivity contribution in [2.45, 2.75) is 12.8 Å². The van der Waals surface area contributed by atoms with Gasteiger partial charge in [0.25, 0.3) is 0 Å². The van der Waals surface area contributed by atoms with E-state index in [9.17, 15) is 8.78 Å². The molecule has 5 heteroatoms. The van der Waals surface area contributed by atoms with Crippen LogP contribution in [0.3, 0.4) is 0 Å². The van der Waals surface area contributed by atoms with E-state index in [1.54, 1.807) is 10.6 Å². The van der Waals surface area contributed by atoms with Crippen molar-refractivity contribution >= 4 is 22.6 Å². The van der Waals surface area contributed by atoms with Gasteiger partial charge in [-0.3, -0.25) is 4.57 Å². The molecular weight excluding hydrogens is 282 g/mol. The van der Waals surface area contributed by atoms with Crippen molar-refractivity contribution in [3.8, 4) is 5.69 Å². The van der Waals surface area contributed by atoms with Crippen LogP contribution < -0.4 is 0 Å². The number of fused-ring (bicyclic) bond motifs is 1. The molecule has 0 saturated heterocycles. The maximum Gasteiger partial charge on any atom is 0.147 e. The van der Waals surface area contributed by atoms with Crippen LogP contribution in [0.25, 0.3) is 16.7 Å². The number of hydrogen-bond acceptors (Lipinski definition) is 1.